The van der Waals surface area contributed by atoms with E-state index in [9.17, 15) is 5.26 Å². The predicted octanol–water partition coefficient (Wildman–Crippen LogP) is 17.4. The van der Waals surface area contributed by atoms with Crippen LogP contribution in [0.1, 0.15) is 155 Å². The van der Waals surface area contributed by atoms with Gasteiger partial charge in [0.2, 0.25) is 0 Å². The third kappa shape index (κ3) is 6.55. The largest absolute Gasteiger partial charge is 0.456 e. The first-order valence-electron chi connectivity index (χ1n) is 28.0. The average Bonchev–Trinajstić information content (AvgIpc) is 3.81. The van der Waals surface area contributed by atoms with Gasteiger partial charge >= 0.3 is 0 Å². The van der Waals surface area contributed by atoms with Gasteiger partial charge in [-0.3, -0.25) is 0 Å². The molecule has 0 spiro atoms. The first-order chi connectivity index (χ1) is 36.1. The quantitative estimate of drug-likeness (QED) is 0.164. The fourth-order valence-electron chi connectivity index (χ4n) is 14.9. The zero-order chi connectivity index (χ0) is 52.8. The molecule has 0 saturated heterocycles. The van der Waals surface area contributed by atoms with Gasteiger partial charge in [0.05, 0.1) is 28.5 Å². The van der Waals surface area contributed by atoms with E-state index in [4.69, 9.17) is 4.42 Å². The summed E-state index contributed by atoms with van der Waals surface area (Å²) in [6.07, 6.45) is 6.79. The van der Waals surface area contributed by atoms with Crippen LogP contribution >= 0.6 is 11.3 Å². The van der Waals surface area contributed by atoms with Crippen LogP contribution in [-0.2, 0) is 27.1 Å². The molecule has 7 aromatic carbocycles. The predicted molar refractivity (Wildman–Crippen MR) is 323 cm³/mol. The molecule has 2 aliphatic carbocycles. The molecule has 1 saturated carbocycles. The minimum absolute atomic E-state index is 0.00975. The lowest BCUT2D eigenvalue weighted by molar-refractivity contribution is 0.195. The Bertz CT molecular complexity index is 3990. The number of benzene rings is 7. The van der Waals surface area contributed by atoms with Crippen LogP contribution in [0.4, 0.5) is 45.5 Å². The number of thiophene rings is 1. The standard InChI is InChI=1S/C69H69BN4OS/c1-64(2,3)42-19-23-44(24-20-42)72(46-27-28-49-48-17-13-14-18-57(48)75-58(49)37-46)47-35-55-60-56(36-47)74-62-53(68(11)29-15-16-30-69(68,74)12)33-41(40-71)34-54(62)70(60)63-61(73(55)45-25-21-43(22-26-45)65(4,5)6)50-38-51-52(39-59(50)76-63)67(9,10)32-31-66(51,7)8/h13-14,17-28,33-39H,15-16,29-32H2,1-12H3. The fourth-order valence-corrected chi connectivity index (χ4v) is 16.2. The van der Waals surface area contributed by atoms with Crippen LogP contribution in [0.25, 0.3) is 32.0 Å². The molecular weight excluding hydrogens is 944 g/mol. The summed E-state index contributed by atoms with van der Waals surface area (Å²) in [7, 11) is 0. The van der Waals surface area contributed by atoms with Crippen molar-refractivity contribution in [1.29, 1.82) is 5.26 Å². The summed E-state index contributed by atoms with van der Waals surface area (Å²) in [5.41, 5.74) is 21.1. The lowest BCUT2D eigenvalue weighted by atomic mass is 9.36. The summed E-state index contributed by atoms with van der Waals surface area (Å²) < 4.78 is 9.40. The first kappa shape index (κ1) is 47.7. The maximum absolute atomic E-state index is 11.0. The second kappa shape index (κ2) is 15.7. The Kier molecular flexibility index (Phi) is 9.85. The second-order valence-corrected chi connectivity index (χ2v) is 28.2. The van der Waals surface area contributed by atoms with Crippen molar-refractivity contribution in [3.63, 3.8) is 0 Å². The van der Waals surface area contributed by atoms with Crippen molar-refractivity contribution in [2.24, 2.45) is 0 Å². The van der Waals surface area contributed by atoms with Crippen molar-refractivity contribution < 1.29 is 4.42 Å². The van der Waals surface area contributed by atoms with Gasteiger partial charge in [-0.05, 0) is 172 Å². The summed E-state index contributed by atoms with van der Waals surface area (Å²) in [5.74, 6) is 0. The number of furan rings is 1. The van der Waals surface area contributed by atoms with E-state index < -0.39 is 0 Å². The van der Waals surface area contributed by atoms with Gasteiger partial charge in [0.25, 0.3) is 6.71 Å². The number of nitrogens with zero attached hydrogens (tertiary/aromatic N) is 4. The average molecular weight is 1010 g/mol. The van der Waals surface area contributed by atoms with Crippen molar-refractivity contribution >= 4 is 111 Å². The van der Waals surface area contributed by atoms with E-state index in [2.05, 4.69) is 231 Å². The molecular formula is C69H69BN4OS. The molecule has 2 atom stereocenters. The number of hydrogen-bond acceptors (Lipinski definition) is 6. The van der Waals surface area contributed by atoms with Gasteiger partial charge in [0, 0.05) is 71.2 Å². The van der Waals surface area contributed by atoms with Crippen LogP contribution in [0.5, 0.6) is 0 Å². The summed E-state index contributed by atoms with van der Waals surface area (Å²) in [6, 6.07) is 51.5. The van der Waals surface area contributed by atoms with Crippen molar-refractivity contribution in [3.05, 3.63) is 161 Å². The summed E-state index contributed by atoms with van der Waals surface area (Å²) in [5, 5.41) is 14.6. The maximum atomic E-state index is 11.0. The van der Waals surface area contributed by atoms with Gasteiger partial charge in [-0.2, -0.15) is 5.26 Å². The van der Waals surface area contributed by atoms with E-state index in [0.29, 0.717) is 0 Å². The molecule has 2 unspecified atom stereocenters. The van der Waals surface area contributed by atoms with Crippen molar-refractivity contribution in [2.45, 2.75) is 154 Å². The van der Waals surface area contributed by atoms with Crippen molar-refractivity contribution in [2.75, 3.05) is 14.7 Å². The Balaban J connectivity index is 1.12. The second-order valence-electron chi connectivity index (χ2n) is 27.1. The van der Waals surface area contributed by atoms with Crippen LogP contribution in [0.15, 0.2) is 132 Å². The minimum atomic E-state index is -0.240. The molecule has 14 rings (SSSR count). The zero-order valence-corrected chi connectivity index (χ0v) is 47.4. The van der Waals surface area contributed by atoms with E-state index in [1.165, 1.54) is 82.8 Å². The van der Waals surface area contributed by atoms with Crippen molar-refractivity contribution in [1.82, 2.24) is 0 Å². The topological polar surface area (TPSA) is 46.6 Å². The fraction of sp³-hybridized carbons (Fsp3) is 0.348. The Morgan fingerprint density at radius 2 is 1.22 bits per heavy atom. The number of anilines is 8. The van der Waals surface area contributed by atoms with Gasteiger partial charge in [-0.25, -0.2) is 0 Å². The Labute approximate surface area is 454 Å². The molecule has 1 fully saturated rings. The van der Waals surface area contributed by atoms with Crippen LogP contribution < -0.4 is 30.4 Å². The highest BCUT2D eigenvalue weighted by Gasteiger charge is 2.62. The maximum Gasteiger partial charge on any atom is 0.264 e. The number of para-hydroxylation sites is 1. The van der Waals surface area contributed by atoms with E-state index in [-0.39, 0.29) is 39.3 Å². The molecule has 5 heterocycles. The van der Waals surface area contributed by atoms with Crippen LogP contribution in [0.2, 0.25) is 0 Å². The molecule has 0 amide bonds. The van der Waals surface area contributed by atoms with E-state index >= 15 is 0 Å². The summed E-state index contributed by atoms with van der Waals surface area (Å²) in [6.45, 7) is 28.6. The highest BCUT2D eigenvalue weighted by atomic mass is 32.1. The summed E-state index contributed by atoms with van der Waals surface area (Å²) in [4.78, 5) is 7.96. The van der Waals surface area contributed by atoms with Gasteiger partial charge in [-0.15, -0.1) is 11.3 Å². The molecule has 380 valence electrons. The van der Waals surface area contributed by atoms with Crippen molar-refractivity contribution in [3.8, 4) is 6.07 Å². The number of hydrogen-bond donors (Lipinski definition) is 0. The third-order valence-electron chi connectivity index (χ3n) is 19.6. The van der Waals surface area contributed by atoms with Gasteiger partial charge in [0.1, 0.15) is 11.2 Å². The molecule has 5 nitrogen and oxygen atoms in total. The zero-order valence-electron chi connectivity index (χ0n) is 46.5. The lowest BCUT2D eigenvalue weighted by Gasteiger charge is -2.52. The van der Waals surface area contributed by atoms with E-state index in [1.54, 1.807) is 0 Å². The van der Waals surface area contributed by atoms with Gasteiger partial charge < -0.3 is 19.1 Å². The van der Waals surface area contributed by atoms with Crippen LogP contribution in [-0.4, -0.2) is 12.3 Å². The van der Waals surface area contributed by atoms with E-state index in [1.807, 2.05) is 11.3 Å². The molecule has 5 aliphatic rings. The monoisotopic (exact) mass is 1010 g/mol. The highest BCUT2D eigenvalue weighted by Crippen LogP contribution is 2.63. The normalized spacial score (nSPS) is 20.8. The Hall–Kier alpha value is -6.75. The lowest BCUT2D eigenvalue weighted by Crippen LogP contribution is -2.64. The smallest absolute Gasteiger partial charge is 0.264 e. The molecule has 7 heteroatoms. The number of fused-ring (bicyclic) bond motifs is 13. The molecule has 0 radical (unpaired) electrons. The van der Waals surface area contributed by atoms with Crippen LogP contribution in [0, 0.1) is 11.3 Å². The van der Waals surface area contributed by atoms with E-state index in [0.717, 1.165) is 82.4 Å². The SMILES string of the molecule is CC(C)(C)c1ccc(N(c2cc3c4c(c2)N2c5c(cc(C#N)cc5C5(C)CCCCC25C)B4c2sc4cc5c(cc4c2N3c2ccc(C(C)(C)C)cc2)C(C)(C)CCC5(C)C)c2ccc3c(c2)oc2ccccc23)cc1. The van der Waals surface area contributed by atoms with Gasteiger partial charge in [0.15, 0.2) is 0 Å². The highest BCUT2D eigenvalue weighted by molar-refractivity contribution is 7.33. The minimum Gasteiger partial charge on any atom is -0.456 e. The molecule has 2 aromatic heterocycles. The molecule has 0 bridgehead atoms. The first-order valence-corrected chi connectivity index (χ1v) is 28.8. The Morgan fingerprint density at radius 1 is 0.592 bits per heavy atom. The molecule has 76 heavy (non-hydrogen) atoms. The molecule has 0 N–H and O–H groups in total. The number of rotatable bonds is 4. The Morgan fingerprint density at radius 3 is 1.92 bits per heavy atom. The third-order valence-corrected chi connectivity index (χ3v) is 20.8. The van der Waals surface area contributed by atoms with Crippen LogP contribution in [0.3, 0.4) is 0 Å². The molecule has 9 aromatic rings. The molecule has 3 aliphatic heterocycles. The number of nitriles is 1. The van der Waals surface area contributed by atoms with Gasteiger partial charge in [-0.1, -0.05) is 131 Å². The summed E-state index contributed by atoms with van der Waals surface area (Å²) >= 11 is 1.99.